The minimum Gasteiger partial charge on any atom is -0.370 e. The molecule has 0 saturated carbocycles. The molecule has 1 saturated heterocycles. The van der Waals surface area contributed by atoms with Gasteiger partial charge in [0.05, 0.1) is 16.9 Å². The SMILES string of the molecule is N#Cc1cc(-c2ccnc(Nc3ccccc3)n2)ccc1N1CCCC1. The summed E-state index contributed by atoms with van der Waals surface area (Å²) in [5.41, 5.74) is 4.36. The molecule has 0 spiro atoms. The first-order chi connectivity index (χ1) is 12.8. The molecule has 1 aromatic heterocycles. The predicted octanol–water partition coefficient (Wildman–Crippen LogP) is 4.36. The molecule has 2 heterocycles. The lowest BCUT2D eigenvalue weighted by molar-refractivity contribution is 0.949. The number of nitrogens with one attached hydrogen (secondary N) is 1. The quantitative estimate of drug-likeness (QED) is 0.764. The van der Waals surface area contributed by atoms with Gasteiger partial charge in [-0.05, 0) is 43.2 Å². The van der Waals surface area contributed by atoms with Gasteiger partial charge in [0.25, 0.3) is 0 Å². The number of nitrogens with zero attached hydrogens (tertiary/aromatic N) is 4. The van der Waals surface area contributed by atoms with Crippen molar-refractivity contribution in [3.63, 3.8) is 0 Å². The van der Waals surface area contributed by atoms with Crippen LogP contribution in [0.4, 0.5) is 17.3 Å². The second kappa shape index (κ2) is 7.24. The van der Waals surface area contributed by atoms with Gasteiger partial charge >= 0.3 is 0 Å². The van der Waals surface area contributed by atoms with Gasteiger partial charge in [-0.15, -0.1) is 0 Å². The zero-order chi connectivity index (χ0) is 17.8. The Bertz CT molecular complexity index is 940. The average Bonchev–Trinajstić information content (AvgIpc) is 3.23. The fourth-order valence-electron chi connectivity index (χ4n) is 3.25. The lowest BCUT2D eigenvalue weighted by atomic mass is 10.1. The first kappa shape index (κ1) is 16.1. The summed E-state index contributed by atoms with van der Waals surface area (Å²) in [6, 6.07) is 20.0. The monoisotopic (exact) mass is 341 g/mol. The Kier molecular flexibility index (Phi) is 4.48. The number of para-hydroxylation sites is 1. The molecule has 128 valence electrons. The average molecular weight is 341 g/mol. The number of hydrogen-bond donors (Lipinski definition) is 1. The van der Waals surface area contributed by atoms with E-state index in [0.29, 0.717) is 11.5 Å². The second-order valence-corrected chi connectivity index (χ2v) is 6.29. The Labute approximate surface area is 153 Å². The Morgan fingerprint density at radius 1 is 1.00 bits per heavy atom. The van der Waals surface area contributed by atoms with Gasteiger partial charge < -0.3 is 10.2 Å². The highest BCUT2D eigenvalue weighted by Gasteiger charge is 2.16. The second-order valence-electron chi connectivity index (χ2n) is 6.29. The zero-order valence-corrected chi connectivity index (χ0v) is 14.4. The molecule has 0 unspecified atom stereocenters. The Morgan fingerprint density at radius 3 is 2.58 bits per heavy atom. The van der Waals surface area contributed by atoms with Crippen LogP contribution in [0, 0.1) is 11.3 Å². The molecule has 3 aromatic rings. The van der Waals surface area contributed by atoms with Crippen LogP contribution in [0.15, 0.2) is 60.8 Å². The molecule has 1 aliphatic rings. The molecule has 26 heavy (non-hydrogen) atoms. The Balaban J connectivity index is 1.63. The standard InChI is InChI=1S/C21H19N5/c22-15-17-14-16(8-9-20(17)26-12-4-5-13-26)19-10-11-23-21(25-19)24-18-6-2-1-3-7-18/h1-3,6-11,14H,4-5,12-13H2,(H,23,24,25). The molecule has 0 aliphatic carbocycles. The number of benzene rings is 2. The van der Waals surface area contributed by atoms with E-state index in [0.717, 1.165) is 35.7 Å². The van der Waals surface area contributed by atoms with E-state index in [4.69, 9.17) is 0 Å². The largest absolute Gasteiger partial charge is 0.370 e. The van der Waals surface area contributed by atoms with Crippen molar-refractivity contribution < 1.29 is 0 Å². The third-order valence-electron chi connectivity index (χ3n) is 4.55. The molecular weight excluding hydrogens is 322 g/mol. The third-order valence-corrected chi connectivity index (χ3v) is 4.55. The van der Waals surface area contributed by atoms with Crippen LogP contribution in [0.5, 0.6) is 0 Å². The van der Waals surface area contributed by atoms with Crippen LogP contribution in [0.25, 0.3) is 11.3 Å². The van der Waals surface area contributed by atoms with Gasteiger partial charge in [-0.1, -0.05) is 24.3 Å². The number of hydrogen-bond acceptors (Lipinski definition) is 5. The summed E-state index contributed by atoms with van der Waals surface area (Å²) in [6.07, 6.45) is 4.11. The first-order valence-corrected chi connectivity index (χ1v) is 8.78. The van der Waals surface area contributed by atoms with Gasteiger partial charge in [-0.3, -0.25) is 0 Å². The predicted molar refractivity (Wildman–Crippen MR) is 103 cm³/mol. The van der Waals surface area contributed by atoms with Crippen LogP contribution in [0.2, 0.25) is 0 Å². The summed E-state index contributed by atoms with van der Waals surface area (Å²) in [7, 11) is 0. The van der Waals surface area contributed by atoms with Gasteiger partial charge in [-0.25, -0.2) is 9.97 Å². The lowest BCUT2D eigenvalue weighted by Crippen LogP contribution is -2.18. The molecule has 1 aliphatic heterocycles. The van der Waals surface area contributed by atoms with Crippen molar-refractivity contribution in [1.82, 2.24) is 9.97 Å². The van der Waals surface area contributed by atoms with E-state index < -0.39 is 0 Å². The van der Waals surface area contributed by atoms with Gasteiger partial charge in [0.2, 0.25) is 5.95 Å². The van der Waals surface area contributed by atoms with Crippen LogP contribution in [0.1, 0.15) is 18.4 Å². The fraction of sp³-hybridized carbons (Fsp3) is 0.190. The van der Waals surface area contributed by atoms with Crippen molar-refractivity contribution in [1.29, 1.82) is 5.26 Å². The highest BCUT2D eigenvalue weighted by Crippen LogP contribution is 2.29. The third kappa shape index (κ3) is 3.35. The minimum absolute atomic E-state index is 0.538. The smallest absolute Gasteiger partial charge is 0.227 e. The first-order valence-electron chi connectivity index (χ1n) is 8.78. The number of rotatable bonds is 4. The summed E-state index contributed by atoms with van der Waals surface area (Å²) in [6.45, 7) is 2.04. The maximum Gasteiger partial charge on any atom is 0.227 e. The highest BCUT2D eigenvalue weighted by atomic mass is 15.1. The van der Waals surface area contributed by atoms with Gasteiger partial charge in [0.15, 0.2) is 0 Å². The zero-order valence-electron chi connectivity index (χ0n) is 14.4. The van der Waals surface area contributed by atoms with Crippen LogP contribution in [-0.2, 0) is 0 Å². The van der Waals surface area contributed by atoms with Crippen molar-refractivity contribution in [2.24, 2.45) is 0 Å². The summed E-state index contributed by atoms with van der Waals surface area (Å²) < 4.78 is 0. The van der Waals surface area contributed by atoms with Gasteiger partial charge in [0.1, 0.15) is 6.07 Å². The Hall–Kier alpha value is -3.39. The van der Waals surface area contributed by atoms with Crippen LogP contribution in [-0.4, -0.2) is 23.1 Å². The molecule has 0 atom stereocenters. The molecule has 0 bridgehead atoms. The summed E-state index contributed by atoms with van der Waals surface area (Å²) in [5.74, 6) is 0.538. The summed E-state index contributed by atoms with van der Waals surface area (Å²) >= 11 is 0. The van der Waals surface area contributed by atoms with E-state index in [-0.39, 0.29) is 0 Å². The van der Waals surface area contributed by atoms with Crippen molar-refractivity contribution in [2.45, 2.75) is 12.8 Å². The molecule has 0 radical (unpaired) electrons. The Morgan fingerprint density at radius 2 is 1.81 bits per heavy atom. The van der Waals surface area contributed by atoms with Crippen molar-refractivity contribution in [3.8, 4) is 17.3 Å². The van der Waals surface area contributed by atoms with E-state index in [1.807, 2.05) is 54.6 Å². The highest BCUT2D eigenvalue weighted by molar-refractivity contribution is 5.70. The molecule has 5 nitrogen and oxygen atoms in total. The molecule has 1 fully saturated rings. The van der Waals surface area contributed by atoms with E-state index in [2.05, 4.69) is 26.3 Å². The lowest BCUT2D eigenvalue weighted by Gasteiger charge is -2.19. The van der Waals surface area contributed by atoms with Gasteiger partial charge in [0, 0.05) is 30.5 Å². The summed E-state index contributed by atoms with van der Waals surface area (Å²) in [4.78, 5) is 11.2. The molecule has 1 N–H and O–H groups in total. The maximum atomic E-state index is 9.58. The molecule has 5 heteroatoms. The molecule has 0 amide bonds. The van der Waals surface area contributed by atoms with Crippen molar-refractivity contribution >= 4 is 17.3 Å². The van der Waals surface area contributed by atoms with Crippen molar-refractivity contribution in [2.75, 3.05) is 23.3 Å². The minimum atomic E-state index is 0.538. The van der Waals surface area contributed by atoms with E-state index in [9.17, 15) is 5.26 Å². The normalized spacial score (nSPS) is 13.4. The topological polar surface area (TPSA) is 64.8 Å². The molecule has 2 aromatic carbocycles. The molecule has 4 rings (SSSR count). The number of anilines is 3. The molecular formula is C21H19N5. The fourth-order valence-corrected chi connectivity index (χ4v) is 3.25. The number of nitriles is 1. The van der Waals surface area contributed by atoms with E-state index in [1.54, 1.807) is 6.20 Å². The van der Waals surface area contributed by atoms with Crippen LogP contribution >= 0.6 is 0 Å². The van der Waals surface area contributed by atoms with Crippen LogP contribution in [0.3, 0.4) is 0 Å². The maximum absolute atomic E-state index is 9.58. The van der Waals surface area contributed by atoms with E-state index >= 15 is 0 Å². The van der Waals surface area contributed by atoms with Crippen LogP contribution < -0.4 is 10.2 Å². The summed E-state index contributed by atoms with van der Waals surface area (Å²) in [5, 5.41) is 12.8. The van der Waals surface area contributed by atoms with E-state index in [1.165, 1.54) is 12.8 Å². The van der Waals surface area contributed by atoms with Crippen molar-refractivity contribution in [3.05, 3.63) is 66.4 Å². The number of aromatic nitrogens is 2. The van der Waals surface area contributed by atoms with Gasteiger partial charge in [-0.2, -0.15) is 5.26 Å².